The van der Waals surface area contributed by atoms with Crippen LogP contribution in [0.5, 0.6) is 0 Å². The van der Waals surface area contributed by atoms with Crippen LogP contribution in [-0.2, 0) is 4.79 Å². The summed E-state index contributed by atoms with van der Waals surface area (Å²) in [6.45, 7) is 0.898. The molecule has 1 heterocycles. The Hall–Kier alpha value is -1.50. The highest BCUT2D eigenvalue weighted by molar-refractivity contribution is 5.71. The summed E-state index contributed by atoms with van der Waals surface area (Å²) >= 11 is 0. The Labute approximate surface area is 95.4 Å². The number of hydrogen-bond donors (Lipinski definition) is 2. The van der Waals surface area contributed by atoms with Crippen LogP contribution in [0, 0.1) is 5.92 Å². The molecule has 0 amide bonds. The molecule has 0 saturated heterocycles. The van der Waals surface area contributed by atoms with Gasteiger partial charge >= 0.3 is 12.1 Å². The molecule has 2 unspecified atom stereocenters. The number of carboxylic acid groups (broad SMARTS) is 1. The van der Waals surface area contributed by atoms with Crippen molar-refractivity contribution in [1.82, 2.24) is 5.32 Å². The van der Waals surface area contributed by atoms with Crippen molar-refractivity contribution < 1.29 is 27.5 Å². The van der Waals surface area contributed by atoms with E-state index in [1.54, 1.807) is 19.1 Å². The number of alkyl halides is 3. The zero-order valence-corrected chi connectivity index (χ0v) is 8.99. The number of rotatable bonds is 5. The highest BCUT2D eigenvalue weighted by atomic mass is 19.4. The standard InChI is InChI=1S/C10H12F3NO3/c1-6(8-3-2-4-17-8)14-5-7(9(15)16)10(11,12)13/h2-4,6-7,14H,5H2,1H3,(H,15,16). The number of nitrogens with one attached hydrogen (secondary N) is 1. The Bertz CT molecular complexity index is 361. The first-order chi connectivity index (χ1) is 7.82. The topological polar surface area (TPSA) is 62.5 Å². The first-order valence-electron chi connectivity index (χ1n) is 4.88. The minimum Gasteiger partial charge on any atom is -0.481 e. The molecule has 1 aromatic rings. The number of carbonyl (C=O) groups is 1. The lowest BCUT2D eigenvalue weighted by atomic mass is 10.1. The average Bonchev–Trinajstić information content (AvgIpc) is 2.67. The first-order valence-corrected chi connectivity index (χ1v) is 4.88. The Morgan fingerprint density at radius 2 is 2.24 bits per heavy atom. The van der Waals surface area contributed by atoms with E-state index < -0.39 is 30.7 Å². The van der Waals surface area contributed by atoms with E-state index in [2.05, 4.69) is 5.32 Å². The molecular formula is C10H12F3NO3. The lowest BCUT2D eigenvalue weighted by Crippen LogP contribution is -2.39. The van der Waals surface area contributed by atoms with E-state index in [1.165, 1.54) is 6.26 Å². The van der Waals surface area contributed by atoms with Crippen LogP contribution < -0.4 is 5.32 Å². The van der Waals surface area contributed by atoms with Gasteiger partial charge < -0.3 is 14.8 Å². The van der Waals surface area contributed by atoms with Crippen LogP contribution >= 0.6 is 0 Å². The quantitative estimate of drug-likeness (QED) is 0.842. The van der Waals surface area contributed by atoms with Gasteiger partial charge in [-0.05, 0) is 19.1 Å². The fraction of sp³-hybridized carbons (Fsp3) is 0.500. The smallest absolute Gasteiger partial charge is 0.403 e. The van der Waals surface area contributed by atoms with E-state index in [1.807, 2.05) is 0 Å². The summed E-state index contributed by atoms with van der Waals surface area (Å²) in [5.41, 5.74) is 0. The van der Waals surface area contributed by atoms with Gasteiger partial charge in [0.15, 0.2) is 5.92 Å². The maximum absolute atomic E-state index is 12.3. The fourth-order valence-electron chi connectivity index (χ4n) is 1.28. The molecule has 0 spiro atoms. The molecule has 2 atom stereocenters. The van der Waals surface area contributed by atoms with E-state index in [0.29, 0.717) is 5.76 Å². The van der Waals surface area contributed by atoms with Crippen molar-refractivity contribution >= 4 is 5.97 Å². The van der Waals surface area contributed by atoms with Crippen LogP contribution in [0.15, 0.2) is 22.8 Å². The van der Waals surface area contributed by atoms with Crippen molar-refractivity contribution in [2.45, 2.75) is 19.1 Å². The molecule has 2 N–H and O–H groups in total. The van der Waals surface area contributed by atoms with Crippen LogP contribution in [-0.4, -0.2) is 23.8 Å². The second-order valence-electron chi connectivity index (χ2n) is 3.58. The Morgan fingerprint density at radius 3 is 2.65 bits per heavy atom. The van der Waals surface area contributed by atoms with Gasteiger partial charge in [0.1, 0.15) is 5.76 Å². The fourth-order valence-corrected chi connectivity index (χ4v) is 1.28. The number of carboxylic acids is 1. The third-order valence-electron chi connectivity index (χ3n) is 2.29. The molecule has 0 bridgehead atoms. The number of halogens is 3. The molecule has 1 aromatic heterocycles. The SMILES string of the molecule is CC(NCC(C(=O)O)C(F)(F)F)c1ccco1. The van der Waals surface area contributed by atoms with E-state index in [9.17, 15) is 18.0 Å². The normalized spacial score (nSPS) is 15.5. The second-order valence-corrected chi connectivity index (χ2v) is 3.58. The Morgan fingerprint density at radius 1 is 1.59 bits per heavy atom. The molecule has 17 heavy (non-hydrogen) atoms. The van der Waals surface area contributed by atoms with Gasteiger partial charge in [0.25, 0.3) is 0 Å². The van der Waals surface area contributed by atoms with Gasteiger partial charge in [0.2, 0.25) is 0 Å². The molecule has 0 aliphatic rings. The molecule has 1 rings (SSSR count). The molecule has 4 nitrogen and oxygen atoms in total. The predicted molar refractivity (Wildman–Crippen MR) is 52.3 cm³/mol. The first kappa shape index (κ1) is 13.6. The Kier molecular flexibility index (Phi) is 4.17. The molecule has 0 fully saturated rings. The molecule has 7 heteroatoms. The van der Waals surface area contributed by atoms with Gasteiger partial charge in [-0.3, -0.25) is 4.79 Å². The van der Waals surface area contributed by atoms with E-state index >= 15 is 0 Å². The average molecular weight is 251 g/mol. The summed E-state index contributed by atoms with van der Waals surface area (Å²) in [5.74, 6) is -3.85. The van der Waals surface area contributed by atoms with Crippen LogP contribution in [0.25, 0.3) is 0 Å². The molecule has 0 aromatic carbocycles. The summed E-state index contributed by atoms with van der Waals surface area (Å²) in [7, 11) is 0. The minimum atomic E-state index is -4.76. The van der Waals surface area contributed by atoms with Crippen LogP contribution in [0.1, 0.15) is 18.7 Å². The molecule has 0 aliphatic carbocycles. The summed E-state index contributed by atoms with van der Waals surface area (Å²) in [5, 5.41) is 10.9. The summed E-state index contributed by atoms with van der Waals surface area (Å²) in [6.07, 6.45) is -3.37. The van der Waals surface area contributed by atoms with Crippen molar-refractivity contribution in [3.05, 3.63) is 24.2 Å². The number of furan rings is 1. The largest absolute Gasteiger partial charge is 0.481 e. The van der Waals surface area contributed by atoms with Gasteiger partial charge in [0.05, 0.1) is 12.3 Å². The van der Waals surface area contributed by atoms with Gasteiger partial charge in [-0.25, -0.2) is 0 Å². The van der Waals surface area contributed by atoms with E-state index in [0.717, 1.165) is 0 Å². The molecule has 0 saturated carbocycles. The lowest BCUT2D eigenvalue weighted by Gasteiger charge is -2.18. The third-order valence-corrected chi connectivity index (χ3v) is 2.29. The Balaban J connectivity index is 2.56. The highest BCUT2D eigenvalue weighted by Gasteiger charge is 2.44. The minimum absolute atomic E-state index is 0.455. The lowest BCUT2D eigenvalue weighted by molar-refractivity contribution is -0.192. The summed E-state index contributed by atoms with van der Waals surface area (Å²) in [4.78, 5) is 10.5. The number of aliphatic carboxylic acids is 1. The van der Waals surface area contributed by atoms with Crippen molar-refractivity contribution in [3.8, 4) is 0 Å². The maximum atomic E-state index is 12.3. The van der Waals surface area contributed by atoms with Gasteiger partial charge in [-0.1, -0.05) is 0 Å². The summed E-state index contributed by atoms with van der Waals surface area (Å²) < 4.78 is 41.9. The van der Waals surface area contributed by atoms with Crippen molar-refractivity contribution in [2.24, 2.45) is 5.92 Å². The maximum Gasteiger partial charge on any atom is 0.403 e. The molecule has 96 valence electrons. The molecule has 0 aliphatic heterocycles. The van der Waals surface area contributed by atoms with Crippen LogP contribution in [0.3, 0.4) is 0 Å². The zero-order valence-electron chi connectivity index (χ0n) is 8.99. The van der Waals surface area contributed by atoms with Crippen molar-refractivity contribution in [1.29, 1.82) is 0 Å². The second kappa shape index (κ2) is 5.22. The van der Waals surface area contributed by atoms with Gasteiger partial charge in [0, 0.05) is 6.54 Å². The van der Waals surface area contributed by atoms with Gasteiger partial charge in [-0.2, -0.15) is 13.2 Å². The van der Waals surface area contributed by atoms with Gasteiger partial charge in [-0.15, -0.1) is 0 Å². The molecule has 0 radical (unpaired) electrons. The number of hydrogen-bond acceptors (Lipinski definition) is 3. The van der Waals surface area contributed by atoms with Crippen molar-refractivity contribution in [3.63, 3.8) is 0 Å². The van der Waals surface area contributed by atoms with Crippen LogP contribution in [0.4, 0.5) is 13.2 Å². The monoisotopic (exact) mass is 251 g/mol. The molecular weight excluding hydrogens is 239 g/mol. The zero-order chi connectivity index (χ0) is 13.1. The predicted octanol–water partition coefficient (Wildman–Crippen LogP) is 2.19. The van der Waals surface area contributed by atoms with E-state index in [-0.39, 0.29) is 0 Å². The van der Waals surface area contributed by atoms with E-state index in [4.69, 9.17) is 9.52 Å². The summed E-state index contributed by atoms with van der Waals surface area (Å²) in [6, 6.07) is 2.72. The van der Waals surface area contributed by atoms with Crippen LogP contribution in [0.2, 0.25) is 0 Å². The third kappa shape index (κ3) is 3.77. The van der Waals surface area contributed by atoms with Crippen molar-refractivity contribution in [2.75, 3.05) is 6.54 Å². The highest BCUT2D eigenvalue weighted by Crippen LogP contribution is 2.26.